The van der Waals surface area contributed by atoms with E-state index in [1.54, 1.807) is 26.1 Å². The largest absolute Gasteiger partial charge is 0.346 e. The first kappa shape index (κ1) is 19.5. The lowest BCUT2D eigenvalue weighted by atomic mass is 10.0. The van der Waals surface area contributed by atoms with Crippen molar-refractivity contribution in [3.05, 3.63) is 63.4 Å². The second-order valence-corrected chi connectivity index (χ2v) is 9.55. The number of hydrogen-bond acceptors (Lipinski definition) is 3. The molecule has 0 atom stereocenters. The van der Waals surface area contributed by atoms with Gasteiger partial charge in [-0.05, 0) is 55.2 Å². The van der Waals surface area contributed by atoms with Crippen molar-refractivity contribution in [1.82, 2.24) is 14.3 Å². The molecule has 0 unspecified atom stereocenters. The molecule has 5 nitrogen and oxygen atoms in total. The first-order valence-electron chi connectivity index (χ1n) is 8.87. The van der Waals surface area contributed by atoms with Gasteiger partial charge < -0.3 is 4.98 Å². The summed E-state index contributed by atoms with van der Waals surface area (Å²) in [6.07, 6.45) is 6.23. The van der Waals surface area contributed by atoms with Gasteiger partial charge in [-0.15, -0.1) is 0 Å². The quantitative estimate of drug-likeness (QED) is 0.631. The van der Waals surface area contributed by atoms with E-state index < -0.39 is 10.0 Å². The highest BCUT2D eigenvalue weighted by Crippen LogP contribution is 2.37. The van der Waals surface area contributed by atoms with Gasteiger partial charge in [-0.1, -0.05) is 29.3 Å². The van der Waals surface area contributed by atoms with Gasteiger partial charge in [0.1, 0.15) is 10.5 Å². The number of nitrogens with one attached hydrogen (secondary N) is 1. The van der Waals surface area contributed by atoms with Crippen molar-refractivity contribution in [3.8, 4) is 0 Å². The molecule has 2 aromatic heterocycles. The van der Waals surface area contributed by atoms with Gasteiger partial charge in [0.15, 0.2) is 0 Å². The third kappa shape index (κ3) is 3.14. The molecule has 0 aliphatic carbocycles. The predicted molar refractivity (Wildman–Crippen MR) is 113 cm³/mol. The number of fused-ring (bicyclic) bond motifs is 1. The minimum atomic E-state index is -3.75. The Kier molecular flexibility index (Phi) is 5.00. The first-order valence-corrected chi connectivity index (χ1v) is 11.1. The number of pyridine rings is 1. The second-order valence-electron chi connectivity index (χ2n) is 6.89. The summed E-state index contributed by atoms with van der Waals surface area (Å²) in [7, 11) is -3.75. The lowest BCUT2D eigenvalue weighted by Gasteiger charge is -2.27. The number of hydrogen-bond donors (Lipinski definition) is 1. The molecule has 0 bridgehead atoms. The molecule has 1 aliphatic rings. The molecular formula is C20H19Cl2N3O2S. The van der Waals surface area contributed by atoms with Crippen LogP contribution < -0.4 is 0 Å². The highest BCUT2D eigenvalue weighted by atomic mass is 35.5. The fourth-order valence-corrected chi connectivity index (χ4v) is 6.13. The van der Waals surface area contributed by atoms with Gasteiger partial charge in [-0.2, -0.15) is 4.31 Å². The zero-order valence-electron chi connectivity index (χ0n) is 15.5. The summed E-state index contributed by atoms with van der Waals surface area (Å²) in [5.74, 6) is 0. The smallest absolute Gasteiger partial charge is 0.245 e. The summed E-state index contributed by atoms with van der Waals surface area (Å²) < 4.78 is 28.0. The van der Waals surface area contributed by atoms with Crippen LogP contribution in [0.25, 0.3) is 16.6 Å². The van der Waals surface area contributed by atoms with E-state index in [2.05, 4.69) is 9.97 Å². The maximum atomic E-state index is 13.3. The Morgan fingerprint density at radius 3 is 2.75 bits per heavy atom. The lowest BCUT2D eigenvalue weighted by Crippen LogP contribution is -2.35. The zero-order valence-corrected chi connectivity index (χ0v) is 17.8. The molecule has 0 saturated heterocycles. The Morgan fingerprint density at radius 2 is 2.04 bits per heavy atom. The van der Waals surface area contributed by atoms with E-state index >= 15 is 0 Å². The molecule has 1 N–H and O–H groups in total. The molecule has 3 aromatic rings. The van der Waals surface area contributed by atoms with Crippen LogP contribution in [-0.2, 0) is 10.0 Å². The molecule has 8 heteroatoms. The summed E-state index contributed by atoms with van der Waals surface area (Å²) in [6, 6.07) is 5.60. The number of nitrogens with zero attached hydrogens (tertiary/aromatic N) is 2. The molecule has 28 heavy (non-hydrogen) atoms. The number of sulfonamides is 1. The maximum absolute atomic E-state index is 13.3. The molecule has 0 saturated carbocycles. The molecule has 3 heterocycles. The van der Waals surface area contributed by atoms with Crippen LogP contribution in [-0.4, -0.2) is 35.8 Å². The van der Waals surface area contributed by atoms with Crippen molar-refractivity contribution in [2.45, 2.75) is 25.2 Å². The van der Waals surface area contributed by atoms with Crippen LogP contribution in [0.15, 0.2) is 41.6 Å². The van der Waals surface area contributed by atoms with Gasteiger partial charge in [0, 0.05) is 41.5 Å². The van der Waals surface area contributed by atoms with Gasteiger partial charge in [-0.3, -0.25) is 0 Å². The van der Waals surface area contributed by atoms with E-state index in [9.17, 15) is 8.42 Å². The molecule has 0 amide bonds. The van der Waals surface area contributed by atoms with Crippen LogP contribution in [0.3, 0.4) is 0 Å². The third-order valence-electron chi connectivity index (χ3n) is 5.15. The van der Waals surface area contributed by atoms with E-state index in [1.807, 2.05) is 24.4 Å². The molecule has 146 valence electrons. The number of benzene rings is 1. The van der Waals surface area contributed by atoms with Crippen molar-refractivity contribution >= 4 is 49.8 Å². The highest BCUT2D eigenvalue weighted by molar-refractivity contribution is 7.89. The van der Waals surface area contributed by atoms with Crippen molar-refractivity contribution in [1.29, 1.82) is 0 Å². The summed E-state index contributed by atoms with van der Waals surface area (Å²) in [5, 5.41) is 1.67. The summed E-state index contributed by atoms with van der Waals surface area (Å²) in [4.78, 5) is 7.58. The van der Waals surface area contributed by atoms with Crippen molar-refractivity contribution < 1.29 is 8.42 Å². The fraction of sp³-hybridized carbons (Fsp3) is 0.250. The van der Waals surface area contributed by atoms with Crippen LogP contribution in [0.1, 0.15) is 23.1 Å². The standard InChI is InChI=1S/C20H19Cl2N3O2S/c1-12-10-17(21)13(2)19(18(12)22)28(26,27)25-8-5-14(6-9-25)16-11-24-20-15(16)4-3-7-23-20/h3-5,7,10-11H,6,8-9H2,1-2H3,(H,23,24). The lowest BCUT2D eigenvalue weighted by molar-refractivity contribution is 0.441. The Balaban J connectivity index is 1.68. The maximum Gasteiger partial charge on any atom is 0.245 e. The second kappa shape index (κ2) is 7.19. The molecule has 0 fully saturated rings. The topological polar surface area (TPSA) is 66.1 Å². The van der Waals surface area contributed by atoms with Crippen molar-refractivity contribution in [3.63, 3.8) is 0 Å². The Bertz CT molecular complexity index is 1190. The zero-order chi connectivity index (χ0) is 20.1. The Labute approximate surface area is 174 Å². The first-order chi connectivity index (χ1) is 13.3. The van der Waals surface area contributed by atoms with E-state index in [0.717, 1.165) is 22.2 Å². The fourth-order valence-electron chi connectivity index (χ4n) is 3.58. The number of rotatable bonds is 3. The van der Waals surface area contributed by atoms with Crippen LogP contribution >= 0.6 is 23.2 Å². The van der Waals surface area contributed by atoms with Crippen molar-refractivity contribution in [2.24, 2.45) is 0 Å². The number of H-pyrrole nitrogens is 1. The van der Waals surface area contributed by atoms with Gasteiger partial charge in [0.25, 0.3) is 0 Å². The number of halogens is 2. The Hall–Kier alpha value is -1.86. The van der Waals surface area contributed by atoms with E-state index in [0.29, 0.717) is 29.1 Å². The van der Waals surface area contributed by atoms with E-state index in [-0.39, 0.29) is 16.5 Å². The monoisotopic (exact) mass is 435 g/mol. The van der Waals surface area contributed by atoms with E-state index in [1.165, 1.54) is 4.31 Å². The van der Waals surface area contributed by atoms with Crippen LogP contribution in [0.5, 0.6) is 0 Å². The Morgan fingerprint density at radius 1 is 1.25 bits per heavy atom. The average molecular weight is 436 g/mol. The number of aromatic amines is 1. The number of aromatic nitrogens is 2. The van der Waals surface area contributed by atoms with Crippen LogP contribution in [0.2, 0.25) is 10.0 Å². The third-order valence-corrected chi connectivity index (χ3v) is 8.18. The molecule has 1 aromatic carbocycles. The molecule has 0 spiro atoms. The van der Waals surface area contributed by atoms with Gasteiger partial charge >= 0.3 is 0 Å². The van der Waals surface area contributed by atoms with Crippen molar-refractivity contribution in [2.75, 3.05) is 13.1 Å². The average Bonchev–Trinajstić information content (AvgIpc) is 3.11. The van der Waals surface area contributed by atoms with Crippen LogP contribution in [0.4, 0.5) is 0 Å². The molecular weight excluding hydrogens is 417 g/mol. The predicted octanol–water partition coefficient (Wildman–Crippen LogP) is 4.96. The minimum absolute atomic E-state index is 0.104. The van der Waals surface area contributed by atoms with Gasteiger partial charge in [0.2, 0.25) is 10.0 Å². The molecule has 4 rings (SSSR count). The summed E-state index contributed by atoms with van der Waals surface area (Å²) >= 11 is 12.6. The summed E-state index contributed by atoms with van der Waals surface area (Å²) in [5.41, 5.74) is 4.12. The highest BCUT2D eigenvalue weighted by Gasteiger charge is 2.31. The SMILES string of the molecule is Cc1cc(Cl)c(C)c(S(=O)(=O)N2CC=C(c3c[nH]c4ncccc34)CC2)c1Cl. The normalized spacial score (nSPS) is 15.8. The minimum Gasteiger partial charge on any atom is -0.346 e. The molecule has 1 aliphatic heterocycles. The summed E-state index contributed by atoms with van der Waals surface area (Å²) in [6.45, 7) is 4.10. The van der Waals surface area contributed by atoms with Gasteiger partial charge in [-0.25, -0.2) is 13.4 Å². The molecule has 0 radical (unpaired) electrons. The van der Waals surface area contributed by atoms with Gasteiger partial charge in [0.05, 0.1) is 5.02 Å². The number of aryl methyl sites for hydroxylation is 1. The van der Waals surface area contributed by atoms with Crippen LogP contribution in [0, 0.1) is 13.8 Å². The van der Waals surface area contributed by atoms with E-state index in [4.69, 9.17) is 23.2 Å².